The van der Waals surface area contributed by atoms with Gasteiger partial charge in [-0.15, -0.1) is 0 Å². The van der Waals surface area contributed by atoms with Gasteiger partial charge in [-0.25, -0.2) is 4.98 Å². The number of nitrogens with zero attached hydrogens (tertiary/aromatic N) is 3. The first-order valence-electron chi connectivity index (χ1n) is 8.18. The molecule has 1 aromatic heterocycles. The lowest BCUT2D eigenvalue weighted by atomic mass is 9.97. The number of hydrogen-bond donors (Lipinski definition) is 1. The minimum absolute atomic E-state index is 0.0511. The van der Waals surface area contributed by atoms with Crippen LogP contribution in [0.1, 0.15) is 24.6 Å². The molecule has 1 aliphatic rings. The van der Waals surface area contributed by atoms with Crippen LogP contribution in [0.15, 0.2) is 36.5 Å². The standard InChI is InChI=1S/C18H22N4O2/c1-19-16(23)12-21(2)18(24)14-9-6-10-22-15(11-20-17(14)22)13-7-4-3-5-8-13/h3-5,7-8,11,14H,6,9-10,12H2,1-2H3,(H,19,23)/t14-/m1/s1. The van der Waals surface area contributed by atoms with Crippen LogP contribution in [0.4, 0.5) is 0 Å². The molecule has 1 atom stereocenters. The van der Waals surface area contributed by atoms with Gasteiger partial charge in [-0.3, -0.25) is 9.59 Å². The van der Waals surface area contributed by atoms with Crippen molar-refractivity contribution in [3.05, 3.63) is 42.4 Å². The third kappa shape index (κ3) is 3.04. The van der Waals surface area contributed by atoms with Gasteiger partial charge in [0, 0.05) is 20.6 Å². The Morgan fingerprint density at radius 1 is 1.33 bits per heavy atom. The van der Waals surface area contributed by atoms with Crippen molar-refractivity contribution in [3.63, 3.8) is 0 Å². The van der Waals surface area contributed by atoms with Crippen molar-refractivity contribution < 1.29 is 9.59 Å². The molecule has 24 heavy (non-hydrogen) atoms. The quantitative estimate of drug-likeness (QED) is 0.928. The highest BCUT2D eigenvalue weighted by molar-refractivity contribution is 5.88. The predicted octanol–water partition coefficient (Wildman–Crippen LogP) is 1.63. The van der Waals surface area contributed by atoms with Crippen molar-refractivity contribution in [1.29, 1.82) is 0 Å². The minimum atomic E-state index is -0.286. The molecule has 6 nitrogen and oxygen atoms in total. The zero-order valence-corrected chi connectivity index (χ0v) is 14.0. The van der Waals surface area contributed by atoms with Gasteiger partial charge in [-0.1, -0.05) is 30.3 Å². The molecule has 0 bridgehead atoms. The summed E-state index contributed by atoms with van der Waals surface area (Å²) in [6.07, 6.45) is 3.53. The first-order valence-corrected chi connectivity index (χ1v) is 8.18. The van der Waals surface area contributed by atoms with E-state index in [-0.39, 0.29) is 24.3 Å². The Kier molecular flexibility index (Phi) is 4.64. The molecule has 1 aliphatic heterocycles. The average molecular weight is 326 g/mol. The van der Waals surface area contributed by atoms with Crippen LogP contribution < -0.4 is 5.32 Å². The molecule has 0 radical (unpaired) electrons. The van der Waals surface area contributed by atoms with Crippen molar-refractivity contribution in [2.75, 3.05) is 20.6 Å². The largest absolute Gasteiger partial charge is 0.358 e. The van der Waals surface area contributed by atoms with E-state index in [1.807, 2.05) is 36.5 Å². The highest BCUT2D eigenvalue weighted by Crippen LogP contribution is 2.32. The highest BCUT2D eigenvalue weighted by Gasteiger charge is 2.32. The first-order chi connectivity index (χ1) is 11.6. The summed E-state index contributed by atoms with van der Waals surface area (Å²) >= 11 is 0. The summed E-state index contributed by atoms with van der Waals surface area (Å²) in [7, 11) is 3.23. The lowest BCUT2D eigenvalue weighted by molar-refractivity contribution is -0.136. The van der Waals surface area contributed by atoms with Crippen LogP contribution in [0.25, 0.3) is 11.3 Å². The maximum absolute atomic E-state index is 12.8. The fourth-order valence-corrected chi connectivity index (χ4v) is 3.20. The van der Waals surface area contributed by atoms with E-state index in [9.17, 15) is 9.59 Å². The molecule has 1 N–H and O–H groups in total. The smallest absolute Gasteiger partial charge is 0.239 e. The van der Waals surface area contributed by atoms with Crippen LogP contribution in [-0.2, 0) is 16.1 Å². The van der Waals surface area contributed by atoms with Crippen molar-refractivity contribution in [3.8, 4) is 11.3 Å². The van der Waals surface area contributed by atoms with Gasteiger partial charge in [0.2, 0.25) is 11.8 Å². The Hall–Kier alpha value is -2.63. The van der Waals surface area contributed by atoms with Gasteiger partial charge in [0.25, 0.3) is 0 Å². The van der Waals surface area contributed by atoms with Gasteiger partial charge >= 0.3 is 0 Å². The summed E-state index contributed by atoms with van der Waals surface area (Å²) in [6.45, 7) is 0.931. The van der Waals surface area contributed by atoms with Gasteiger partial charge < -0.3 is 14.8 Å². The SMILES string of the molecule is CNC(=O)CN(C)C(=O)[C@@H]1CCCn2c(-c3ccccc3)cnc21. The molecule has 0 aliphatic carbocycles. The van der Waals surface area contributed by atoms with E-state index in [0.717, 1.165) is 36.5 Å². The predicted molar refractivity (Wildman–Crippen MR) is 91.3 cm³/mol. The molecule has 1 aromatic carbocycles. The number of hydrogen-bond acceptors (Lipinski definition) is 3. The average Bonchev–Trinajstić information content (AvgIpc) is 3.05. The Bertz CT molecular complexity index is 739. The van der Waals surface area contributed by atoms with Crippen molar-refractivity contribution in [2.45, 2.75) is 25.3 Å². The minimum Gasteiger partial charge on any atom is -0.358 e. The van der Waals surface area contributed by atoms with E-state index >= 15 is 0 Å². The Morgan fingerprint density at radius 3 is 2.79 bits per heavy atom. The van der Waals surface area contributed by atoms with Crippen molar-refractivity contribution >= 4 is 11.8 Å². The normalized spacial score (nSPS) is 16.3. The second kappa shape index (κ2) is 6.86. The zero-order valence-electron chi connectivity index (χ0n) is 14.0. The molecule has 0 fully saturated rings. The monoisotopic (exact) mass is 326 g/mol. The number of carbonyl (C=O) groups excluding carboxylic acids is 2. The van der Waals surface area contributed by atoms with Gasteiger partial charge in [-0.05, 0) is 18.4 Å². The molecule has 3 rings (SSSR count). The number of aromatic nitrogens is 2. The van der Waals surface area contributed by atoms with Crippen molar-refractivity contribution in [2.24, 2.45) is 0 Å². The number of likely N-dealkylation sites (N-methyl/N-ethyl adjacent to an activating group) is 2. The lowest BCUT2D eigenvalue weighted by Crippen LogP contribution is -2.40. The number of rotatable bonds is 4. The Balaban J connectivity index is 1.86. The molecule has 0 unspecified atom stereocenters. The molecular formula is C18H22N4O2. The van der Waals surface area contributed by atoms with Crippen LogP contribution >= 0.6 is 0 Å². The number of benzene rings is 1. The maximum Gasteiger partial charge on any atom is 0.239 e. The summed E-state index contributed by atoms with van der Waals surface area (Å²) in [5.74, 6) is 0.291. The van der Waals surface area contributed by atoms with Gasteiger partial charge in [0.15, 0.2) is 0 Å². The molecule has 2 aromatic rings. The zero-order chi connectivity index (χ0) is 17.1. The van der Waals surface area contributed by atoms with E-state index in [2.05, 4.69) is 14.9 Å². The van der Waals surface area contributed by atoms with Crippen LogP contribution in [0.2, 0.25) is 0 Å². The van der Waals surface area contributed by atoms with E-state index in [1.165, 1.54) is 4.90 Å². The second-order valence-corrected chi connectivity index (χ2v) is 6.08. The fourth-order valence-electron chi connectivity index (χ4n) is 3.20. The summed E-state index contributed by atoms with van der Waals surface area (Å²) in [4.78, 5) is 30.3. The van der Waals surface area contributed by atoms with E-state index in [4.69, 9.17) is 0 Å². The molecule has 2 heterocycles. The third-order valence-electron chi connectivity index (χ3n) is 4.48. The number of nitrogens with one attached hydrogen (secondary N) is 1. The molecule has 126 valence electrons. The summed E-state index contributed by atoms with van der Waals surface area (Å²) in [6, 6.07) is 10.1. The van der Waals surface area contributed by atoms with Crippen LogP contribution in [-0.4, -0.2) is 46.9 Å². The number of imidazole rings is 1. The molecule has 0 saturated heterocycles. The topological polar surface area (TPSA) is 67.2 Å². The fraction of sp³-hybridized carbons (Fsp3) is 0.389. The van der Waals surface area contributed by atoms with Crippen LogP contribution in [0, 0.1) is 0 Å². The lowest BCUT2D eigenvalue weighted by Gasteiger charge is -2.27. The third-order valence-corrected chi connectivity index (χ3v) is 4.48. The number of carbonyl (C=O) groups is 2. The first kappa shape index (κ1) is 16.2. The number of amides is 2. The van der Waals surface area contributed by atoms with Gasteiger partial charge in [0.05, 0.1) is 24.4 Å². The molecule has 6 heteroatoms. The number of fused-ring (bicyclic) bond motifs is 1. The van der Waals surface area contributed by atoms with Crippen LogP contribution in [0.3, 0.4) is 0 Å². The van der Waals surface area contributed by atoms with Gasteiger partial charge in [-0.2, -0.15) is 0 Å². The summed E-state index contributed by atoms with van der Waals surface area (Å²) < 4.78 is 2.13. The van der Waals surface area contributed by atoms with E-state index in [1.54, 1.807) is 14.1 Å². The summed E-state index contributed by atoms with van der Waals surface area (Å²) in [5.41, 5.74) is 2.14. The summed E-state index contributed by atoms with van der Waals surface area (Å²) in [5, 5.41) is 2.54. The Labute approximate surface area is 141 Å². The van der Waals surface area contributed by atoms with Gasteiger partial charge in [0.1, 0.15) is 5.82 Å². The Morgan fingerprint density at radius 2 is 2.08 bits per heavy atom. The molecular weight excluding hydrogens is 304 g/mol. The molecule has 0 saturated carbocycles. The highest BCUT2D eigenvalue weighted by atomic mass is 16.2. The second-order valence-electron chi connectivity index (χ2n) is 6.08. The van der Waals surface area contributed by atoms with E-state index < -0.39 is 0 Å². The van der Waals surface area contributed by atoms with Crippen molar-refractivity contribution in [1.82, 2.24) is 19.8 Å². The van der Waals surface area contributed by atoms with Crippen LogP contribution in [0.5, 0.6) is 0 Å². The van der Waals surface area contributed by atoms with E-state index in [0.29, 0.717) is 0 Å². The molecule has 0 spiro atoms. The molecule has 2 amide bonds. The maximum atomic E-state index is 12.8.